The van der Waals surface area contributed by atoms with Gasteiger partial charge in [0.2, 0.25) is 11.8 Å². The van der Waals surface area contributed by atoms with Crippen molar-refractivity contribution in [1.82, 2.24) is 5.32 Å². The number of thioether (sulfide) groups is 1. The van der Waals surface area contributed by atoms with Crippen LogP contribution >= 0.6 is 11.8 Å². The van der Waals surface area contributed by atoms with Gasteiger partial charge in [-0.15, -0.1) is 5.10 Å². The highest BCUT2D eigenvalue weighted by Gasteiger charge is 2.32. The highest BCUT2D eigenvalue weighted by molar-refractivity contribution is 8.15. The van der Waals surface area contributed by atoms with Gasteiger partial charge in [0.25, 0.3) is 0 Å². The summed E-state index contributed by atoms with van der Waals surface area (Å²) >= 11 is 1.03. The molecule has 12 heteroatoms. The van der Waals surface area contributed by atoms with E-state index in [9.17, 15) is 22.4 Å². The van der Waals surface area contributed by atoms with Gasteiger partial charge >= 0.3 is 10.1 Å². The third kappa shape index (κ3) is 6.55. The van der Waals surface area contributed by atoms with Gasteiger partial charge in [0.1, 0.15) is 16.0 Å². The molecule has 2 N–H and O–H groups in total. The molecular weight excluding hydrogens is 507 g/mol. The molecule has 2 amide bonds. The maximum atomic E-state index is 13.0. The lowest BCUT2D eigenvalue weighted by Gasteiger charge is -2.08. The lowest BCUT2D eigenvalue weighted by atomic mass is 10.2. The lowest BCUT2D eigenvalue weighted by molar-refractivity contribution is -0.122. The van der Waals surface area contributed by atoms with Crippen molar-refractivity contribution >= 4 is 50.8 Å². The second kappa shape index (κ2) is 11.1. The molecule has 1 heterocycles. The summed E-state index contributed by atoms with van der Waals surface area (Å²) in [5, 5.41) is 12.5. The van der Waals surface area contributed by atoms with Crippen LogP contribution < -0.4 is 14.8 Å². The van der Waals surface area contributed by atoms with Crippen LogP contribution in [0.3, 0.4) is 0 Å². The van der Waals surface area contributed by atoms with Crippen LogP contribution in [-0.2, 0) is 19.7 Å². The normalized spacial score (nSPS) is 16.8. The van der Waals surface area contributed by atoms with Gasteiger partial charge in [-0.2, -0.15) is 13.5 Å². The Balaban J connectivity index is 1.38. The SMILES string of the molecule is O=C(CC1S/C(=N/N=C/c2ccccc2OS(=O)(=O)c2ccccc2)NC1=O)Nc1ccc(F)cc1. The van der Waals surface area contributed by atoms with E-state index >= 15 is 0 Å². The number of rotatable bonds is 8. The van der Waals surface area contributed by atoms with Crippen LogP contribution in [0.1, 0.15) is 12.0 Å². The first-order valence-corrected chi connectivity index (χ1v) is 12.8. The van der Waals surface area contributed by atoms with Crippen LogP contribution in [0, 0.1) is 5.82 Å². The van der Waals surface area contributed by atoms with Crippen molar-refractivity contribution in [3.05, 3.63) is 90.2 Å². The zero-order valence-corrected chi connectivity index (χ0v) is 20.1. The molecule has 9 nitrogen and oxygen atoms in total. The zero-order chi connectivity index (χ0) is 25.5. The Morgan fingerprint density at radius 3 is 2.50 bits per heavy atom. The number of halogens is 1. The largest absolute Gasteiger partial charge is 0.378 e. The Hall–Kier alpha value is -4.03. The first-order valence-electron chi connectivity index (χ1n) is 10.5. The van der Waals surface area contributed by atoms with Crippen LogP contribution in [0.5, 0.6) is 5.75 Å². The number of amidine groups is 1. The number of anilines is 1. The number of nitrogens with one attached hydrogen (secondary N) is 2. The standard InChI is InChI=1S/C24H19FN4O5S2/c25-17-10-12-18(13-11-17)27-22(30)14-21-23(31)28-24(35-21)29-26-15-16-6-4-5-9-20(16)34-36(32,33)19-7-2-1-3-8-19/h1-13,15,21H,14H2,(H,27,30)(H,28,29,31)/b26-15+. The molecular formula is C24H19FN4O5S2. The summed E-state index contributed by atoms with van der Waals surface area (Å²) in [6.45, 7) is 0. The quantitative estimate of drug-likeness (QED) is 0.263. The third-order valence-corrected chi connectivity index (χ3v) is 7.09. The minimum absolute atomic E-state index is 0.0107. The van der Waals surface area contributed by atoms with E-state index in [0.29, 0.717) is 11.3 Å². The maximum absolute atomic E-state index is 13.0. The summed E-state index contributed by atoms with van der Waals surface area (Å²) in [4.78, 5) is 24.5. The molecule has 4 rings (SSSR count). The van der Waals surface area contributed by atoms with Gasteiger partial charge < -0.3 is 14.8 Å². The minimum atomic E-state index is -4.04. The highest BCUT2D eigenvalue weighted by Crippen LogP contribution is 2.24. The van der Waals surface area contributed by atoms with Crippen LogP contribution in [0.2, 0.25) is 0 Å². The Kier molecular flexibility index (Phi) is 7.76. The number of hydrogen-bond acceptors (Lipinski definition) is 8. The predicted molar refractivity (Wildman–Crippen MR) is 135 cm³/mol. The average Bonchev–Trinajstić information content (AvgIpc) is 3.20. The molecule has 0 radical (unpaired) electrons. The van der Waals surface area contributed by atoms with Gasteiger partial charge in [0, 0.05) is 17.7 Å². The van der Waals surface area contributed by atoms with Crippen molar-refractivity contribution in [2.75, 3.05) is 5.32 Å². The maximum Gasteiger partial charge on any atom is 0.339 e. The van der Waals surface area contributed by atoms with Crippen molar-refractivity contribution in [3.8, 4) is 5.75 Å². The number of benzene rings is 3. The Morgan fingerprint density at radius 1 is 1.06 bits per heavy atom. The Labute approximate surface area is 210 Å². The average molecular weight is 527 g/mol. The van der Waals surface area contributed by atoms with Crippen molar-refractivity contribution < 1.29 is 26.6 Å². The molecule has 1 aliphatic rings. The molecule has 1 saturated heterocycles. The van der Waals surface area contributed by atoms with Gasteiger partial charge in [-0.1, -0.05) is 42.1 Å². The van der Waals surface area contributed by atoms with Gasteiger partial charge in [-0.3, -0.25) is 9.59 Å². The number of para-hydroxylation sites is 1. The van der Waals surface area contributed by atoms with E-state index in [1.807, 2.05) is 0 Å². The fourth-order valence-electron chi connectivity index (χ4n) is 3.06. The molecule has 3 aromatic rings. The summed E-state index contributed by atoms with van der Waals surface area (Å²) in [5.74, 6) is -1.18. The zero-order valence-electron chi connectivity index (χ0n) is 18.5. The topological polar surface area (TPSA) is 126 Å². The van der Waals surface area contributed by atoms with Crippen molar-refractivity contribution in [1.29, 1.82) is 0 Å². The van der Waals surface area contributed by atoms with E-state index in [4.69, 9.17) is 4.18 Å². The van der Waals surface area contributed by atoms with Crippen LogP contribution in [0.4, 0.5) is 10.1 Å². The van der Waals surface area contributed by atoms with Crippen molar-refractivity contribution in [2.24, 2.45) is 10.2 Å². The first kappa shape index (κ1) is 25.1. The molecule has 1 unspecified atom stereocenters. The summed E-state index contributed by atoms with van der Waals surface area (Å²) in [6, 6.07) is 19.4. The molecule has 1 atom stereocenters. The summed E-state index contributed by atoms with van der Waals surface area (Å²) in [5.41, 5.74) is 0.768. The molecule has 0 aliphatic carbocycles. The van der Waals surface area contributed by atoms with E-state index in [2.05, 4.69) is 20.8 Å². The number of hydrogen-bond donors (Lipinski definition) is 2. The first-order chi connectivity index (χ1) is 17.3. The number of nitrogens with zero attached hydrogens (tertiary/aromatic N) is 2. The molecule has 0 saturated carbocycles. The van der Waals surface area contributed by atoms with Gasteiger partial charge in [0.15, 0.2) is 10.9 Å². The second-order valence-electron chi connectivity index (χ2n) is 7.39. The van der Waals surface area contributed by atoms with E-state index in [-0.39, 0.29) is 22.2 Å². The molecule has 184 valence electrons. The summed E-state index contributed by atoms with van der Waals surface area (Å²) in [7, 11) is -4.04. The van der Waals surface area contributed by atoms with Crippen LogP contribution in [0.25, 0.3) is 0 Å². The van der Waals surface area contributed by atoms with Gasteiger partial charge in [-0.05, 0) is 48.5 Å². The van der Waals surface area contributed by atoms with Gasteiger partial charge in [0.05, 0.1) is 6.21 Å². The fraction of sp³-hybridized carbons (Fsp3) is 0.0833. The van der Waals surface area contributed by atoms with Crippen molar-refractivity contribution in [3.63, 3.8) is 0 Å². The number of amides is 2. The van der Waals surface area contributed by atoms with Crippen LogP contribution in [-0.4, -0.2) is 36.9 Å². The molecule has 0 spiro atoms. The van der Waals surface area contributed by atoms with E-state index in [0.717, 1.165) is 11.8 Å². The minimum Gasteiger partial charge on any atom is -0.378 e. The van der Waals surface area contributed by atoms with E-state index in [1.54, 1.807) is 36.4 Å². The number of carbonyl (C=O) groups is 2. The molecule has 1 aliphatic heterocycles. The smallest absolute Gasteiger partial charge is 0.339 e. The molecule has 0 bridgehead atoms. The number of carbonyl (C=O) groups excluding carboxylic acids is 2. The Morgan fingerprint density at radius 2 is 1.75 bits per heavy atom. The molecule has 0 aromatic heterocycles. The van der Waals surface area contributed by atoms with E-state index in [1.165, 1.54) is 48.7 Å². The van der Waals surface area contributed by atoms with Crippen LogP contribution in [0.15, 0.2) is 94.0 Å². The molecule has 36 heavy (non-hydrogen) atoms. The fourth-order valence-corrected chi connectivity index (χ4v) is 4.96. The highest BCUT2D eigenvalue weighted by atomic mass is 32.2. The second-order valence-corrected chi connectivity index (χ2v) is 10.1. The monoisotopic (exact) mass is 526 g/mol. The van der Waals surface area contributed by atoms with Crippen molar-refractivity contribution in [2.45, 2.75) is 16.6 Å². The van der Waals surface area contributed by atoms with E-state index < -0.39 is 33.0 Å². The Bertz CT molecular complexity index is 1430. The lowest BCUT2D eigenvalue weighted by Crippen LogP contribution is -2.28. The summed E-state index contributed by atoms with van der Waals surface area (Å²) in [6.07, 6.45) is 1.18. The molecule has 3 aromatic carbocycles. The van der Waals surface area contributed by atoms with Gasteiger partial charge in [-0.25, -0.2) is 4.39 Å². The summed E-state index contributed by atoms with van der Waals surface area (Å²) < 4.78 is 43.3. The predicted octanol–water partition coefficient (Wildman–Crippen LogP) is 3.54. The molecule has 1 fully saturated rings. The third-order valence-electron chi connectivity index (χ3n) is 4.77.